The predicted molar refractivity (Wildman–Crippen MR) is 74.6 cm³/mol. The molecule has 1 atom stereocenters. The third kappa shape index (κ3) is 3.26. The van der Waals surface area contributed by atoms with Gasteiger partial charge in [0.2, 0.25) is 0 Å². The first-order chi connectivity index (χ1) is 9.43. The van der Waals surface area contributed by atoms with E-state index in [2.05, 4.69) is 11.8 Å². The number of hydrogen-bond donors (Lipinski definition) is 1. The maximum atomic E-state index is 12.8. The number of nitrogens with zero attached hydrogens (tertiary/aromatic N) is 1. The van der Waals surface area contributed by atoms with Crippen LogP contribution in [0.2, 0.25) is 0 Å². The summed E-state index contributed by atoms with van der Waals surface area (Å²) in [5.74, 6) is 0. The van der Waals surface area contributed by atoms with E-state index in [1.54, 1.807) is 6.07 Å². The number of nitrogens with two attached hydrogens (primary N) is 1. The van der Waals surface area contributed by atoms with Gasteiger partial charge in [-0.2, -0.15) is 13.2 Å². The van der Waals surface area contributed by atoms with Crippen molar-refractivity contribution in [3.05, 3.63) is 29.3 Å². The zero-order chi connectivity index (χ0) is 14.8. The smallest absolute Gasteiger partial charge is 0.369 e. The molecule has 112 valence electrons. The topological polar surface area (TPSA) is 29.3 Å². The first kappa shape index (κ1) is 15.2. The van der Waals surface area contributed by atoms with Crippen LogP contribution in [0.1, 0.15) is 43.7 Å². The maximum Gasteiger partial charge on any atom is 0.416 e. The molecule has 1 aliphatic heterocycles. The summed E-state index contributed by atoms with van der Waals surface area (Å²) in [7, 11) is 0. The second kappa shape index (κ2) is 6.04. The Morgan fingerprint density at radius 2 is 2.00 bits per heavy atom. The van der Waals surface area contributed by atoms with Gasteiger partial charge in [-0.15, -0.1) is 0 Å². The van der Waals surface area contributed by atoms with E-state index in [0.29, 0.717) is 11.6 Å². The predicted octanol–water partition coefficient (Wildman–Crippen LogP) is 3.93. The van der Waals surface area contributed by atoms with Crippen LogP contribution in [0, 0.1) is 0 Å². The van der Waals surface area contributed by atoms with Gasteiger partial charge in [0.25, 0.3) is 0 Å². The molecule has 2 N–H and O–H groups in total. The Morgan fingerprint density at radius 1 is 1.25 bits per heavy atom. The van der Waals surface area contributed by atoms with Crippen molar-refractivity contribution in [1.29, 1.82) is 0 Å². The van der Waals surface area contributed by atoms with Crippen LogP contribution in [0.3, 0.4) is 0 Å². The fourth-order valence-electron chi connectivity index (χ4n) is 2.84. The Hall–Kier alpha value is -1.23. The van der Waals surface area contributed by atoms with Gasteiger partial charge in [0.05, 0.1) is 5.56 Å². The summed E-state index contributed by atoms with van der Waals surface area (Å²) in [6.45, 7) is 3.14. The second-order valence-electron chi connectivity index (χ2n) is 5.44. The van der Waals surface area contributed by atoms with Crippen molar-refractivity contribution in [2.24, 2.45) is 5.73 Å². The van der Waals surface area contributed by atoms with Gasteiger partial charge >= 0.3 is 6.18 Å². The molecule has 0 spiro atoms. The molecule has 2 rings (SSSR count). The Kier molecular flexibility index (Phi) is 4.58. The molecule has 1 unspecified atom stereocenters. The van der Waals surface area contributed by atoms with E-state index in [-0.39, 0.29) is 6.54 Å². The number of rotatable bonds is 2. The monoisotopic (exact) mass is 286 g/mol. The van der Waals surface area contributed by atoms with Crippen molar-refractivity contribution in [3.8, 4) is 0 Å². The van der Waals surface area contributed by atoms with E-state index >= 15 is 0 Å². The van der Waals surface area contributed by atoms with Gasteiger partial charge in [-0.3, -0.25) is 0 Å². The molecule has 0 bridgehead atoms. The molecule has 1 aliphatic rings. The molecule has 0 aliphatic carbocycles. The van der Waals surface area contributed by atoms with Crippen LogP contribution in [0.5, 0.6) is 0 Å². The first-order valence-corrected chi connectivity index (χ1v) is 7.10. The SMILES string of the molecule is CC1CCCCCN1c1ccc(C(F)(F)F)cc1CN. The highest BCUT2D eigenvalue weighted by atomic mass is 19.4. The minimum Gasteiger partial charge on any atom is -0.369 e. The van der Waals surface area contributed by atoms with Crippen molar-refractivity contribution in [1.82, 2.24) is 0 Å². The van der Waals surface area contributed by atoms with Gasteiger partial charge in [-0.25, -0.2) is 0 Å². The summed E-state index contributed by atoms with van der Waals surface area (Å²) < 4.78 is 38.3. The van der Waals surface area contributed by atoms with E-state index in [9.17, 15) is 13.2 Å². The number of hydrogen-bond acceptors (Lipinski definition) is 2. The van der Waals surface area contributed by atoms with Crippen LogP contribution in [-0.4, -0.2) is 12.6 Å². The number of alkyl halides is 3. The molecule has 20 heavy (non-hydrogen) atoms. The maximum absolute atomic E-state index is 12.8. The fourth-order valence-corrected chi connectivity index (χ4v) is 2.84. The van der Waals surface area contributed by atoms with Crippen molar-refractivity contribution in [2.75, 3.05) is 11.4 Å². The molecule has 2 nitrogen and oxygen atoms in total. The largest absolute Gasteiger partial charge is 0.416 e. The lowest BCUT2D eigenvalue weighted by molar-refractivity contribution is -0.137. The van der Waals surface area contributed by atoms with Gasteiger partial charge in [0.15, 0.2) is 0 Å². The summed E-state index contributed by atoms with van der Waals surface area (Å²) in [5.41, 5.74) is 6.47. The van der Waals surface area contributed by atoms with Gasteiger partial charge in [0.1, 0.15) is 0 Å². The van der Waals surface area contributed by atoms with Gasteiger partial charge < -0.3 is 10.6 Å². The molecular formula is C15H21F3N2. The summed E-state index contributed by atoms with van der Waals surface area (Å²) in [5, 5.41) is 0. The van der Waals surface area contributed by atoms with Crippen LogP contribution in [0.15, 0.2) is 18.2 Å². The molecule has 0 saturated carbocycles. The van der Waals surface area contributed by atoms with E-state index in [4.69, 9.17) is 5.73 Å². The third-order valence-electron chi connectivity index (χ3n) is 3.99. The minimum absolute atomic E-state index is 0.127. The van der Waals surface area contributed by atoms with Crippen LogP contribution < -0.4 is 10.6 Å². The highest BCUT2D eigenvalue weighted by Gasteiger charge is 2.31. The Labute approximate surface area is 117 Å². The quantitative estimate of drug-likeness (QED) is 0.892. The van der Waals surface area contributed by atoms with Crippen molar-refractivity contribution in [2.45, 2.75) is 51.4 Å². The lowest BCUT2D eigenvalue weighted by Gasteiger charge is -2.31. The van der Waals surface area contributed by atoms with Crippen molar-refractivity contribution in [3.63, 3.8) is 0 Å². The number of benzene rings is 1. The van der Waals surface area contributed by atoms with Gasteiger partial charge in [-0.1, -0.05) is 12.8 Å². The number of halogens is 3. The zero-order valence-corrected chi connectivity index (χ0v) is 11.7. The summed E-state index contributed by atoms with van der Waals surface area (Å²) in [6, 6.07) is 4.27. The lowest BCUT2D eigenvalue weighted by Crippen LogP contribution is -2.33. The number of anilines is 1. The van der Waals surface area contributed by atoms with E-state index in [1.165, 1.54) is 18.9 Å². The van der Waals surface area contributed by atoms with Crippen LogP contribution in [0.4, 0.5) is 18.9 Å². The lowest BCUT2D eigenvalue weighted by atomic mass is 10.0. The molecule has 1 heterocycles. The van der Waals surface area contributed by atoms with Crippen LogP contribution >= 0.6 is 0 Å². The average Bonchev–Trinajstić information content (AvgIpc) is 2.61. The summed E-state index contributed by atoms with van der Waals surface area (Å²) >= 11 is 0. The van der Waals surface area contributed by atoms with Crippen LogP contribution in [0.25, 0.3) is 0 Å². The normalized spacial score (nSPS) is 20.9. The molecular weight excluding hydrogens is 265 g/mol. The molecule has 1 aromatic rings. The minimum atomic E-state index is -4.31. The molecule has 1 aromatic carbocycles. The molecule has 0 radical (unpaired) electrons. The fraction of sp³-hybridized carbons (Fsp3) is 0.600. The molecule has 1 fully saturated rings. The van der Waals surface area contributed by atoms with Crippen molar-refractivity contribution >= 4 is 5.69 Å². The Bertz CT molecular complexity index is 457. The summed E-state index contributed by atoms with van der Waals surface area (Å²) in [6.07, 6.45) is 0.197. The third-order valence-corrected chi connectivity index (χ3v) is 3.99. The first-order valence-electron chi connectivity index (χ1n) is 7.10. The van der Waals surface area contributed by atoms with Gasteiger partial charge in [-0.05, 0) is 43.5 Å². The zero-order valence-electron chi connectivity index (χ0n) is 11.7. The average molecular weight is 286 g/mol. The highest BCUT2D eigenvalue weighted by molar-refractivity contribution is 5.56. The van der Waals surface area contributed by atoms with E-state index in [0.717, 1.165) is 31.1 Å². The second-order valence-corrected chi connectivity index (χ2v) is 5.44. The standard InChI is InChI=1S/C15H21F3N2/c1-11-5-3-2-4-8-20(11)14-7-6-13(15(16,17)18)9-12(14)10-19/h6-7,9,11H,2-5,8,10,19H2,1H3. The summed E-state index contributed by atoms with van der Waals surface area (Å²) in [4.78, 5) is 2.20. The van der Waals surface area contributed by atoms with Crippen molar-refractivity contribution < 1.29 is 13.2 Å². The highest BCUT2D eigenvalue weighted by Crippen LogP contribution is 2.34. The Morgan fingerprint density at radius 3 is 2.65 bits per heavy atom. The molecule has 1 saturated heterocycles. The molecule has 5 heteroatoms. The van der Waals surface area contributed by atoms with Crippen LogP contribution in [-0.2, 0) is 12.7 Å². The van der Waals surface area contributed by atoms with Gasteiger partial charge in [0, 0.05) is 24.8 Å². The molecule has 0 amide bonds. The van der Waals surface area contributed by atoms with E-state index < -0.39 is 11.7 Å². The van der Waals surface area contributed by atoms with E-state index in [1.807, 2.05) is 0 Å². The molecule has 0 aromatic heterocycles. The Balaban J connectivity index is 2.35.